The van der Waals surface area contributed by atoms with E-state index in [1.165, 1.54) is 0 Å². The van der Waals surface area contributed by atoms with Crippen LogP contribution in [0, 0.1) is 6.92 Å². The Bertz CT molecular complexity index is 483. The Balaban J connectivity index is 1.94. The van der Waals surface area contributed by atoms with Crippen molar-refractivity contribution in [2.75, 3.05) is 25.0 Å². The largest absolute Gasteiger partial charge is 0.373 e. The molecule has 20 heavy (non-hydrogen) atoms. The summed E-state index contributed by atoms with van der Waals surface area (Å²) in [7, 11) is 0. The molecule has 1 heterocycles. The molecule has 5 heteroatoms. The normalized spacial score (nSPS) is 23.6. The van der Waals surface area contributed by atoms with Gasteiger partial charge in [0.2, 0.25) is 5.91 Å². The Morgan fingerprint density at radius 2 is 2.05 bits per heavy atom. The summed E-state index contributed by atoms with van der Waals surface area (Å²) in [4.78, 5) is 14.2. The number of carbonyl (C=O) groups excluding carboxylic acids is 1. The van der Waals surface area contributed by atoms with Gasteiger partial charge in [0.15, 0.2) is 0 Å². The third-order valence-corrected chi connectivity index (χ3v) is 3.81. The minimum absolute atomic E-state index is 0.0170. The molecule has 0 aromatic heterocycles. The van der Waals surface area contributed by atoms with Gasteiger partial charge in [-0.15, -0.1) is 0 Å². The van der Waals surface area contributed by atoms with E-state index >= 15 is 0 Å². The number of hydrogen-bond acceptors (Lipinski definition) is 3. The molecule has 110 valence electrons. The molecule has 0 spiro atoms. The number of benzene rings is 1. The topological polar surface area (TPSA) is 41.6 Å². The van der Waals surface area contributed by atoms with Crippen LogP contribution in [-0.4, -0.2) is 42.6 Å². The monoisotopic (exact) mass is 296 g/mol. The standard InChI is InChI=1S/C15H21ClN2O2/c1-10-7-18(8-11(2)20-10)9-15(19)17-14-6-4-5-13(16)12(14)3/h4-6,10-11H,7-9H2,1-3H3,(H,17,19)/t10-,11+. The molecule has 1 amide bonds. The Morgan fingerprint density at radius 1 is 1.40 bits per heavy atom. The molecule has 4 nitrogen and oxygen atoms in total. The van der Waals surface area contributed by atoms with Gasteiger partial charge in [-0.2, -0.15) is 0 Å². The molecule has 1 N–H and O–H groups in total. The highest BCUT2D eigenvalue weighted by Gasteiger charge is 2.23. The lowest BCUT2D eigenvalue weighted by Gasteiger charge is -2.34. The van der Waals surface area contributed by atoms with Crippen molar-refractivity contribution in [3.8, 4) is 0 Å². The van der Waals surface area contributed by atoms with Crippen LogP contribution in [-0.2, 0) is 9.53 Å². The zero-order chi connectivity index (χ0) is 14.7. The SMILES string of the molecule is Cc1c(Cl)cccc1NC(=O)CN1C[C@@H](C)O[C@@H](C)C1. The Hall–Kier alpha value is -1.10. The zero-order valence-electron chi connectivity index (χ0n) is 12.1. The van der Waals surface area contributed by atoms with Crippen LogP contribution in [0.2, 0.25) is 5.02 Å². The van der Waals surface area contributed by atoms with Crippen molar-refractivity contribution in [1.29, 1.82) is 0 Å². The molecule has 1 aliphatic rings. The lowest BCUT2D eigenvalue weighted by atomic mass is 10.2. The summed E-state index contributed by atoms with van der Waals surface area (Å²) in [5, 5.41) is 3.59. The highest BCUT2D eigenvalue weighted by Crippen LogP contribution is 2.22. The number of ether oxygens (including phenoxy) is 1. The number of hydrogen-bond donors (Lipinski definition) is 1. The van der Waals surface area contributed by atoms with Gasteiger partial charge in [0, 0.05) is 23.8 Å². The fourth-order valence-corrected chi connectivity index (χ4v) is 2.72. The van der Waals surface area contributed by atoms with E-state index in [-0.39, 0.29) is 18.1 Å². The second-order valence-corrected chi connectivity index (χ2v) is 5.82. The fourth-order valence-electron chi connectivity index (χ4n) is 2.55. The zero-order valence-corrected chi connectivity index (χ0v) is 12.9. The van der Waals surface area contributed by atoms with Crippen molar-refractivity contribution in [1.82, 2.24) is 4.90 Å². The van der Waals surface area contributed by atoms with Gasteiger partial charge in [-0.3, -0.25) is 9.69 Å². The highest BCUT2D eigenvalue weighted by molar-refractivity contribution is 6.31. The van der Waals surface area contributed by atoms with E-state index in [1.54, 1.807) is 0 Å². The van der Waals surface area contributed by atoms with Crippen LogP contribution in [0.1, 0.15) is 19.4 Å². The van der Waals surface area contributed by atoms with E-state index in [1.807, 2.05) is 39.0 Å². The number of rotatable bonds is 3. The maximum Gasteiger partial charge on any atom is 0.238 e. The van der Waals surface area contributed by atoms with Gasteiger partial charge in [-0.05, 0) is 38.5 Å². The van der Waals surface area contributed by atoms with Gasteiger partial charge in [-0.1, -0.05) is 17.7 Å². The first-order valence-electron chi connectivity index (χ1n) is 6.88. The average molecular weight is 297 g/mol. The van der Waals surface area contributed by atoms with Crippen molar-refractivity contribution in [2.24, 2.45) is 0 Å². The van der Waals surface area contributed by atoms with Crippen LogP contribution >= 0.6 is 11.6 Å². The van der Waals surface area contributed by atoms with Crippen LogP contribution in [0.4, 0.5) is 5.69 Å². The molecule has 2 rings (SSSR count). The van der Waals surface area contributed by atoms with Gasteiger partial charge >= 0.3 is 0 Å². The van der Waals surface area contributed by atoms with Gasteiger partial charge in [0.05, 0.1) is 18.8 Å². The Labute approximate surface area is 125 Å². The highest BCUT2D eigenvalue weighted by atomic mass is 35.5. The smallest absolute Gasteiger partial charge is 0.238 e. The third kappa shape index (κ3) is 3.95. The predicted molar refractivity (Wildman–Crippen MR) is 81.3 cm³/mol. The lowest BCUT2D eigenvalue weighted by Crippen LogP contribution is -2.48. The fraction of sp³-hybridized carbons (Fsp3) is 0.533. The van der Waals surface area contributed by atoms with Crippen LogP contribution < -0.4 is 5.32 Å². The summed E-state index contributed by atoms with van der Waals surface area (Å²) in [6.07, 6.45) is 0.332. The molecule has 1 aromatic rings. The first kappa shape index (κ1) is 15.3. The van der Waals surface area contributed by atoms with Crippen LogP contribution in [0.15, 0.2) is 18.2 Å². The van der Waals surface area contributed by atoms with Crippen molar-refractivity contribution >= 4 is 23.2 Å². The van der Waals surface area contributed by atoms with Gasteiger partial charge in [0.1, 0.15) is 0 Å². The number of morpholine rings is 1. The maximum absolute atomic E-state index is 12.1. The molecule has 1 saturated heterocycles. The molecule has 0 saturated carbocycles. The Morgan fingerprint density at radius 3 is 2.70 bits per heavy atom. The van der Waals surface area contributed by atoms with Crippen molar-refractivity contribution in [3.05, 3.63) is 28.8 Å². The van der Waals surface area contributed by atoms with Crippen LogP contribution in [0.25, 0.3) is 0 Å². The van der Waals surface area contributed by atoms with E-state index in [2.05, 4.69) is 10.2 Å². The first-order chi connectivity index (χ1) is 9.45. The molecule has 0 bridgehead atoms. The average Bonchev–Trinajstić information content (AvgIpc) is 2.33. The number of nitrogens with zero attached hydrogens (tertiary/aromatic N) is 1. The van der Waals surface area contributed by atoms with E-state index in [0.717, 1.165) is 24.3 Å². The number of amides is 1. The van der Waals surface area contributed by atoms with Gasteiger partial charge < -0.3 is 10.1 Å². The summed E-state index contributed by atoms with van der Waals surface area (Å²) in [5.41, 5.74) is 1.67. The molecule has 1 aliphatic heterocycles. The molecular formula is C15H21ClN2O2. The lowest BCUT2D eigenvalue weighted by molar-refractivity contribution is -0.121. The second-order valence-electron chi connectivity index (χ2n) is 5.41. The van der Waals surface area contributed by atoms with E-state index < -0.39 is 0 Å². The van der Waals surface area contributed by atoms with Crippen molar-refractivity contribution in [2.45, 2.75) is 33.0 Å². The van der Waals surface area contributed by atoms with E-state index in [4.69, 9.17) is 16.3 Å². The molecular weight excluding hydrogens is 276 g/mol. The molecule has 1 aromatic carbocycles. The number of nitrogens with one attached hydrogen (secondary N) is 1. The van der Waals surface area contributed by atoms with E-state index in [0.29, 0.717) is 11.6 Å². The minimum Gasteiger partial charge on any atom is -0.373 e. The predicted octanol–water partition coefficient (Wildman–Crippen LogP) is 2.70. The summed E-state index contributed by atoms with van der Waals surface area (Å²) < 4.78 is 5.66. The number of anilines is 1. The third-order valence-electron chi connectivity index (χ3n) is 3.40. The van der Waals surface area contributed by atoms with E-state index in [9.17, 15) is 4.79 Å². The molecule has 0 unspecified atom stereocenters. The van der Waals surface area contributed by atoms with Crippen molar-refractivity contribution in [3.63, 3.8) is 0 Å². The number of halogens is 1. The Kier molecular flexibility index (Phi) is 5.02. The first-order valence-corrected chi connectivity index (χ1v) is 7.26. The summed E-state index contributed by atoms with van der Waals surface area (Å²) in [5.74, 6) is -0.0170. The molecule has 1 fully saturated rings. The second kappa shape index (κ2) is 6.57. The number of carbonyl (C=O) groups is 1. The van der Waals surface area contributed by atoms with Crippen LogP contribution in [0.5, 0.6) is 0 Å². The molecule has 0 radical (unpaired) electrons. The summed E-state index contributed by atoms with van der Waals surface area (Å²) in [6.45, 7) is 7.91. The van der Waals surface area contributed by atoms with Gasteiger partial charge in [-0.25, -0.2) is 0 Å². The summed E-state index contributed by atoms with van der Waals surface area (Å²) >= 11 is 6.05. The maximum atomic E-state index is 12.1. The molecule has 0 aliphatic carbocycles. The van der Waals surface area contributed by atoms with Gasteiger partial charge in [0.25, 0.3) is 0 Å². The summed E-state index contributed by atoms with van der Waals surface area (Å²) in [6, 6.07) is 5.52. The van der Waals surface area contributed by atoms with Crippen molar-refractivity contribution < 1.29 is 9.53 Å². The minimum atomic E-state index is -0.0170. The quantitative estimate of drug-likeness (QED) is 0.932. The molecule has 2 atom stereocenters. The van der Waals surface area contributed by atoms with Crippen LogP contribution in [0.3, 0.4) is 0 Å².